The third-order valence-electron chi connectivity index (χ3n) is 7.31. The van der Waals surface area contributed by atoms with Gasteiger partial charge in [0.25, 0.3) is 0 Å². The molecule has 9 heteroatoms. The molecule has 1 heterocycles. The number of ether oxygens (including phenoxy) is 3. The Morgan fingerprint density at radius 1 is 0.750 bits per heavy atom. The monoisotopic (exact) mass is 609 g/mol. The van der Waals surface area contributed by atoms with Gasteiger partial charge in [0, 0.05) is 6.42 Å². The fraction of sp³-hybridized carbons (Fsp3) is 0.171. The van der Waals surface area contributed by atoms with Gasteiger partial charge < -0.3 is 14.2 Å². The van der Waals surface area contributed by atoms with E-state index >= 15 is 0 Å². The van der Waals surface area contributed by atoms with Crippen LogP contribution in [0.25, 0.3) is 0 Å². The summed E-state index contributed by atoms with van der Waals surface area (Å²) in [5.74, 6) is -2.13. The van der Waals surface area contributed by atoms with Crippen LogP contribution < -0.4 is 15.9 Å². The predicted octanol–water partition coefficient (Wildman–Crippen LogP) is 4.20. The first-order valence-electron chi connectivity index (χ1n) is 14.2. The van der Waals surface area contributed by atoms with Gasteiger partial charge in [-0.3, -0.25) is 9.69 Å². The van der Waals surface area contributed by atoms with Crippen LogP contribution in [0.3, 0.4) is 0 Å². The zero-order chi connectivity index (χ0) is 30.9. The topological polar surface area (TPSA) is 99.2 Å². The van der Waals surface area contributed by atoms with Gasteiger partial charge in [0.2, 0.25) is 0 Å². The van der Waals surface area contributed by atoms with Crippen molar-refractivity contribution in [3.05, 3.63) is 127 Å². The standard InChI is InChI=1S/C35H32NO7P/c1-2-41-34(39)32(31(37)23-30-33(38)43-25-36(30)35(40)42-24-26-15-7-3-8-16-26)44(27-17-9-4-10-18-27,28-19-11-5-12-20-28)29-21-13-6-14-22-29/h3-22,30H,2,23-25H2,1H3/t30-/m0/s1. The van der Waals surface area contributed by atoms with Gasteiger partial charge in [-0.1, -0.05) is 121 Å². The van der Waals surface area contributed by atoms with Gasteiger partial charge >= 0.3 is 18.0 Å². The first-order valence-corrected chi connectivity index (χ1v) is 16.0. The van der Waals surface area contributed by atoms with Crippen molar-refractivity contribution in [3.8, 4) is 0 Å². The number of esters is 2. The lowest BCUT2D eigenvalue weighted by Gasteiger charge is -2.32. The van der Waals surface area contributed by atoms with Crippen LogP contribution in [0.2, 0.25) is 0 Å². The predicted molar refractivity (Wildman–Crippen MR) is 170 cm³/mol. The van der Waals surface area contributed by atoms with E-state index in [0.717, 1.165) is 26.4 Å². The molecule has 1 aliphatic heterocycles. The van der Waals surface area contributed by atoms with E-state index in [4.69, 9.17) is 14.2 Å². The summed E-state index contributed by atoms with van der Waals surface area (Å²) in [5, 5.41) is 2.23. The van der Waals surface area contributed by atoms with Crippen molar-refractivity contribution in [2.45, 2.75) is 26.0 Å². The van der Waals surface area contributed by atoms with Crippen molar-refractivity contribution >= 4 is 51.9 Å². The maximum Gasteiger partial charge on any atom is 0.413 e. The van der Waals surface area contributed by atoms with E-state index in [1.807, 2.05) is 109 Å². The molecule has 4 aromatic rings. The van der Waals surface area contributed by atoms with Crippen molar-refractivity contribution in [2.75, 3.05) is 13.3 Å². The lowest BCUT2D eigenvalue weighted by Crippen LogP contribution is -2.44. The third-order valence-corrected chi connectivity index (χ3v) is 11.6. The molecule has 0 unspecified atom stereocenters. The number of rotatable bonds is 10. The molecule has 5 rings (SSSR count). The number of amides is 1. The highest BCUT2D eigenvalue weighted by molar-refractivity contribution is 7.97. The Morgan fingerprint density at radius 3 is 1.70 bits per heavy atom. The van der Waals surface area contributed by atoms with Crippen LogP contribution in [0.4, 0.5) is 4.79 Å². The molecule has 0 aliphatic carbocycles. The van der Waals surface area contributed by atoms with Crippen molar-refractivity contribution in [1.29, 1.82) is 0 Å². The van der Waals surface area contributed by atoms with Gasteiger partial charge in [-0.15, -0.1) is 0 Å². The summed E-state index contributed by atoms with van der Waals surface area (Å²) in [5.41, 5.74) is 0.765. The minimum Gasteiger partial charge on any atom is -0.462 e. The maximum absolute atomic E-state index is 14.6. The Labute approximate surface area is 256 Å². The second kappa shape index (κ2) is 14.0. The zero-order valence-electron chi connectivity index (χ0n) is 24.2. The minimum atomic E-state index is -3.17. The fourth-order valence-electron chi connectivity index (χ4n) is 5.32. The molecule has 0 bridgehead atoms. The number of hydrogen-bond acceptors (Lipinski definition) is 7. The van der Waals surface area contributed by atoms with Crippen LogP contribution in [0.5, 0.6) is 0 Å². The lowest BCUT2D eigenvalue weighted by molar-refractivity contribution is -0.140. The molecule has 8 nitrogen and oxygen atoms in total. The molecule has 0 spiro atoms. The summed E-state index contributed by atoms with van der Waals surface area (Å²) >= 11 is 0. The van der Waals surface area contributed by atoms with Gasteiger partial charge in [0.15, 0.2) is 12.5 Å². The molecule has 1 fully saturated rings. The van der Waals surface area contributed by atoms with E-state index in [1.165, 1.54) is 0 Å². The van der Waals surface area contributed by atoms with E-state index in [-0.39, 0.29) is 25.2 Å². The number of ketones is 1. The number of Topliss-reactive ketones (excluding diaryl/α,β-unsaturated/α-hetero) is 1. The van der Waals surface area contributed by atoms with Gasteiger partial charge in [-0.05, 0) is 35.3 Å². The van der Waals surface area contributed by atoms with Crippen molar-refractivity contribution in [1.82, 2.24) is 4.90 Å². The highest BCUT2D eigenvalue weighted by Gasteiger charge is 2.44. The van der Waals surface area contributed by atoms with Crippen LogP contribution in [0.1, 0.15) is 18.9 Å². The molecule has 0 radical (unpaired) electrons. The number of nitrogens with zero attached hydrogens (tertiary/aromatic N) is 1. The first kappa shape index (κ1) is 30.5. The van der Waals surface area contributed by atoms with E-state index in [9.17, 15) is 19.2 Å². The summed E-state index contributed by atoms with van der Waals surface area (Å²) in [6.45, 7) is -1.84. The van der Waals surface area contributed by atoms with Gasteiger partial charge in [0.1, 0.15) is 17.9 Å². The van der Waals surface area contributed by atoms with E-state index < -0.39 is 43.2 Å². The highest BCUT2D eigenvalue weighted by atomic mass is 31.2. The normalized spacial score (nSPS) is 14.4. The summed E-state index contributed by atoms with van der Waals surface area (Å²) in [6, 6.07) is 36.0. The van der Waals surface area contributed by atoms with Gasteiger partial charge in [-0.2, -0.15) is 0 Å². The molecule has 1 amide bonds. The van der Waals surface area contributed by atoms with Crippen LogP contribution >= 0.6 is 6.89 Å². The fourth-order valence-corrected chi connectivity index (χ4v) is 9.65. The second-order valence-corrected chi connectivity index (χ2v) is 13.3. The second-order valence-electron chi connectivity index (χ2n) is 9.99. The Balaban J connectivity index is 1.65. The summed E-state index contributed by atoms with van der Waals surface area (Å²) < 4.78 is 16.2. The SMILES string of the molecule is CCOC(=O)C(C(=O)C[C@H]1C(=O)OCN1C(=O)OCc1ccccc1)=P(c1ccccc1)(c1ccccc1)c1ccccc1. The first-order chi connectivity index (χ1) is 21.5. The molecule has 4 aromatic carbocycles. The van der Waals surface area contributed by atoms with Crippen LogP contribution in [-0.4, -0.2) is 53.4 Å². The van der Waals surface area contributed by atoms with Crippen molar-refractivity contribution < 1.29 is 33.4 Å². The van der Waals surface area contributed by atoms with Crippen molar-refractivity contribution in [3.63, 3.8) is 0 Å². The molecule has 0 saturated carbocycles. The molecule has 0 N–H and O–H groups in total. The smallest absolute Gasteiger partial charge is 0.413 e. The van der Waals surface area contributed by atoms with Crippen molar-refractivity contribution in [2.24, 2.45) is 0 Å². The average molecular weight is 610 g/mol. The quantitative estimate of drug-likeness (QED) is 0.115. The Kier molecular flexibility index (Phi) is 9.72. The molecule has 224 valence electrons. The summed E-state index contributed by atoms with van der Waals surface area (Å²) in [7, 11) is 0. The van der Waals surface area contributed by atoms with Crippen LogP contribution in [-0.2, 0) is 35.2 Å². The highest BCUT2D eigenvalue weighted by Crippen LogP contribution is 2.47. The molecule has 1 aliphatic rings. The molecule has 44 heavy (non-hydrogen) atoms. The average Bonchev–Trinajstić information content (AvgIpc) is 3.43. The number of carbonyl (C=O) groups is 4. The Morgan fingerprint density at radius 2 is 1.23 bits per heavy atom. The molecule has 1 atom stereocenters. The molecule has 1 saturated heterocycles. The number of hydrogen-bond donors (Lipinski definition) is 0. The maximum atomic E-state index is 14.6. The Bertz CT molecular complexity index is 1570. The lowest BCUT2D eigenvalue weighted by atomic mass is 10.1. The summed E-state index contributed by atoms with van der Waals surface area (Å²) in [6.07, 6.45) is -1.28. The van der Waals surface area contributed by atoms with Gasteiger partial charge in [0.05, 0.1) is 6.61 Å². The number of cyclic esters (lactones) is 1. The molecular formula is C35H32NO7P. The zero-order valence-corrected chi connectivity index (χ0v) is 25.1. The largest absolute Gasteiger partial charge is 0.462 e. The minimum absolute atomic E-state index is 0.0180. The third kappa shape index (κ3) is 6.21. The number of carbonyl (C=O) groups excluding carboxylic acids is 4. The number of benzene rings is 4. The van der Waals surface area contributed by atoms with E-state index in [2.05, 4.69) is 0 Å². The van der Waals surface area contributed by atoms with Crippen LogP contribution in [0.15, 0.2) is 121 Å². The molecule has 0 aromatic heterocycles. The molecular weight excluding hydrogens is 577 g/mol. The van der Waals surface area contributed by atoms with Crippen LogP contribution in [0, 0.1) is 0 Å². The van der Waals surface area contributed by atoms with Gasteiger partial charge in [-0.25, -0.2) is 14.4 Å². The van der Waals surface area contributed by atoms with E-state index in [1.54, 1.807) is 19.1 Å². The van der Waals surface area contributed by atoms with E-state index in [0.29, 0.717) is 0 Å². The summed E-state index contributed by atoms with van der Waals surface area (Å²) in [4.78, 5) is 55.7. The Hall–Kier alpha value is -4.94.